The van der Waals surface area contributed by atoms with Gasteiger partial charge in [0.1, 0.15) is 18.2 Å². The fourth-order valence-corrected chi connectivity index (χ4v) is 2.15. The summed E-state index contributed by atoms with van der Waals surface area (Å²) in [6.45, 7) is 3.04. The van der Waals surface area contributed by atoms with E-state index in [2.05, 4.69) is 5.32 Å². The van der Waals surface area contributed by atoms with Crippen LogP contribution in [0.2, 0.25) is 5.02 Å². The van der Waals surface area contributed by atoms with Gasteiger partial charge in [-0.1, -0.05) is 35.9 Å². The van der Waals surface area contributed by atoms with Gasteiger partial charge in [-0.25, -0.2) is 4.39 Å². The number of para-hydroxylation sites is 1. The van der Waals surface area contributed by atoms with E-state index in [1.807, 2.05) is 32.2 Å². The van der Waals surface area contributed by atoms with Gasteiger partial charge in [0.2, 0.25) is 0 Å². The summed E-state index contributed by atoms with van der Waals surface area (Å²) in [5.74, 6) is 0.421. The highest BCUT2D eigenvalue weighted by molar-refractivity contribution is 6.30. The Bertz CT molecular complexity index is 601. The van der Waals surface area contributed by atoms with E-state index in [0.29, 0.717) is 6.61 Å². The Morgan fingerprint density at radius 3 is 2.75 bits per heavy atom. The fraction of sp³-hybridized carbons (Fsp3) is 0.250. The summed E-state index contributed by atoms with van der Waals surface area (Å²) < 4.78 is 19.2. The SMILES string of the molecule is CNCc1cccc(C)c1OCc1ccc(Cl)c(F)c1. The summed E-state index contributed by atoms with van der Waals surface area (Å²) in [5, 5.41) is 3.23. The number of rotatable bonds is 5. The lowest BCUT2D eigenvalue weighted by Gasteiger charge is -2.14. The summed E-state index contributed by atoms with van der Waals surface area (Å²) in [7, 11) is 1.89. The first-order valence-electron chi connectivity index (χ1n) is 6.41. The van der Waals surface area contributed by atoms with Crippen LogP contribution in [0.3, 0.4) is 0 Å². The second kappa shape index (κ2) is 6.73. The van der Waals surface area contributed by atoms with E-state index in [-0.39, 0.29) is 5.02 Å². The predicted molar refractivity (Wildman–Crippen MR) is 79.7 cm³/mol. The van der Waals surface area contributed by atoms with Crippen LogP contribution in [0.1, 0.15) is 16.7 Å². The fourth-order valence-electron chi connectivity index (χ4n) is 2.03. The van der Waals surface area contributed by atoms with Gasteiger partial charge >= 0.3 is 0 Å². The highest BCUT2D eigenvalue weighted by Crippen LogP contribution is 2.25. The third kappa shape index (κ3) is 3.50. The molecule has 0 saturated carbocycles. The van der Waals surface area contributed by atoms with Gasteiger partial charge in [-0.05, 0) is 37.2 Å². The first kappa shape index (κ1) is 14.8. The van der Waals surface area contributed by atoms with E-state index in [1.54, 1.807) is 12.1 Å². The molecular weight excluding hydrogens is 277 g/mol. The molecule has 0 spiro atoms. The number of aryl methyl sites for hydroxylation is 1. The molecular formula is C16H17ClFNO. The van der Waals surface area contributed by atoms with E-state index in [9.17, 15) is 4.39 Å². The smallest absolute Gasteiger partial charge is 0.142 e. The van der Waals surface area contributed by atoms with Crippen molar-refractivity contribution >= 4 is 11.6 Å². The second-order valence-electron chi connectivity index (χ2n) is 4.63. The maximum atomic E-state index is 13.4. The minimum atomic E-state index is -0.423. The van der Waals surface area contributed by atoms with Crippen molar-refractivity contribution in [2.24, 2.45) is 0 Å². The number of hydrogen-bond donors (Lipinski definition) is 1. The molecule has 0 unspecified atom stereocenters. The van der Waals surface area contributed by atoms with E-state index in [0.717, 1.165) is 29.0 Å². The lowest BCUT2D eigenvalue weighted by molar-refractivity contribution is 0.299. The largest absolute Gasteiger partial charge is 0.488 e. The molecule has 0 aliphatic carbocycles. The topological polar surface area (TPSA) is 21.3 Å². The maximum absolute atomic E-state index is 13.4. The molecule has 0 heterocycles. The average Bonchev–Trinajstić information content (AvgIpc) is 2.42. The third-order valence-electron chi connectivity index (χ3n) is 3.03. The molecule has 0 bridgehead atoms. The van der Waals surface area contributed by atoms with Gasteiger partial charge in [0.25, 0.3) is 0 Å². The molecule has 4 heteroatoms. The molecule has 2 aromatic rings. The van der Waals surface area contributed by atoms with E-state index < -0.39 is 5.82 Å². The summed E-state index contributed by atoms with van der Waals surface area (Å²) in [4.78, 5) is 0. The van der Waals surface area contributed by atoms with Crippen LogP contribution in [0.4, 0.5) is 4.39 Å². The lowest BCUT2D eigenvalue weighted by Crippen LogP contribution is -2.08. The molecule has 2 nitrogen and oxygen atoms in total. The van der Waals surface area contributed by atoms with Crippen LogP contribution in [0.25, 0.3) is 0 Å². The molecule has 20 heavy (non-hydrogen) atoms. The molecule has 0 amide bonds. The zero-order valence-corrected chi connectivity index (χ0v) is 12.3. The first-order valence-corrected chi connectivity index (χ1v) is 6.79. The van der Waals surface area contributed by atoms with Crippen LogP contribution in [0.15, 0.2) is 36.4 Å². The normalized spacial score (nSPS) is 10.6. The summed E-state index contributed by atoms with van der Waals surface area (Å²) in [5.41, 5.74) is 2.90. The van der Waals surface area contributed by atoms with Crippen molar-refractivity contribution in [2.45, 2.75) is 20.1 Å². The van der Waals surface area contributed by atoms with Crippen LogP contribution in [-0.2, 0) is 13.2 Å². The minimum Gasteiger partial charge on any atom is -0.488 e. The highest BCUT2D eigenvalue weighted by Gasteiger charge is 2.07. The first-order chi connectivity index (χ1) is 9.61. The molecule has 0 aliphatic rings. The van der Waals surface area contributed by atoms with Crippen LogP contribution in [0.5, 0.6) is 5.75 Å². The zero-order chi connectivity index (χ0) is 14.5. The number of nitrogens with one attached hydrogen (secondary N) is 1. The van der Waals surface area contributed by atoms with Gasteiger partial charge in [-0.15, -0.1) is 0 Å². The molecule has 0 aromatic heterocycles. The summed E-state index contributed by atoms with van der Waals surface area (Å²) >= 11 is 5.67. The molecule has 0 fully saturated rings. The molecule has 2 rings (SSSR count). The van der Waals surface area contributed by atoms with Crippen molar-refractivity contribution in [1.29, 1.82) is 0 Å². The quantitative estimate of drug-likeness (QED) is 0.896. The Hall–Kier alpha value is -1.58. The average molecular weight is 294 g/mol. The Morgan fingerprint density at radius 2 is 2.05 bits per heavy atom. The van der Waals surface area contributed by atoms with Gasteiger partial charge in [-0.2, -0.15) is 0 Å². The molecule has 2 aromatic carbocycles. The lowest BCUT2D eigenvalue weighted by atomic mass is 10.1. The van der Waals surface area contributed by atoms with Gasteiger partial charge in [0.05, 0.1) is 5.02 Å². The van der Waals surface area contributed by atoms with E-state index in [1.165, 1.54) is 6.07 Å². The van der Waals surface area contributed by atoms with Gasteiger partial charge in [0.15, 0.2) is 0 Å². The standard InChI is InChI=1S/C16H17ClFNO/c1-11-4-3-5-13(9-19-2)16(11)20-10-12-6-7-14(17)15(18)8-12/h3-8,19H,9-10H2,1-2H3. The number of benzene rings is 2. The Balaban J connectivity index is 2.15. The van der Waals surface area contributed by atoms with Crippen LogP contribution < -0.4 is 10.1 Å². The van der Waals surface area contributed by atoms with Crippen molar-refractivity contribution in [2.75, 3.05) is 7.05 Å². The molecule has 0 aliphatic heterocycles. The monoisotopic (exact) mass is 293 g/mol. The third-order valence-corrected chi connectivity index (χ3v) is 3.33. The molecule has 0 saturated heterocycles. The number of halogens is 2. The van der Waals surface area contributed by atoms with Crippen molar-refractivity contribution in [3.8, 4) is 5.75 Å². The van der Waals surface area contributed by atoms with Gasteiger partial charge in [0, 0.05) is 12.1 Å². The second-order valence-corrected chi connectivity index (χ2v) is 5.04. The zero-order valence-electron chi connectivity index (χ0n) is 11.5. The van der Waals surface area contributed by atoms with Crippen molar-refractivity contribution < 1.29 is 9.13 Å². The molecule has 1 N–H and O–H groups in total. The van der Waals surface area contributed by atoms with Crippen molar-refractivity contribution in [3.63, 3.8) is 0 Å². The van der Waals surface area contributed by atoms with Gasteiger partial charge < -0.3 is 10.1 Å². The van der Waals surface area contributed by atoms with Crippen LogP contribution >= 0.6 is 11.6 Å². The molecule has 0 radical (unpaired) electrons. The maximum Gasteiger partial charge on any atom is 0.142 e. The molecule has 0 atom stereocenters. The van der Waals surface area contributed by atoms with E-state index in [4.69, 9.17) is 16.3 Å². The Morgan fingerprint density at radius 1 is 1.25 bits per heavy atom. The van der Waals surface area contributed by atoms with Gasteiger partial charge in [-0.3, -0.25) is 0 Å². The van der Waals surface area contributed by atoms with Crippen LogP contribution in [-0.4, -0.2) is 7.05 Å². The number of ether oxygens (including phenoxy) is 1. The minimum absolute atomic E-state index is 0.125. The summed E-state index contributed by atoms with van der Waals surface area (Å²) in [6.07, 6.45) is 0. The highest BCUT2D eigenvalue weighted by atomic mass is 35.5. The number of hydrogen-bond acceptors (Lipinski definition) is 2. The van der Waals surface area contributed by atoms with Crippen molar-refractivity contribution in [1.82, 2.24) is 5.32 Å². The van der Waals surface area contributed by atoms with Crippen molar-refractivity contribution in [3.05, 3.63) is 63.9 Å². The van der Waals surface area contributed by atoms with E-state index >= 15 is 0 Å². The van der Waals surface area contributed by atoms with Crippen LogP contribution in [0, 0.1) is 12.7 Å². The Labute approximate surface area is 123 Å². The molecule has 106 valence electrons. The predicted octanol–water partition coefficient (Wildman–Crippen LogP) is 4.09. The Kier molecular flexibility index (Phi) is 4.99. The summed E-state index contributed by atoms with van der Waals surface area (Å²) in [6, 6.07) is 10.7.